The molecule has 4 heteroatoms. The number of aliphatic hydroxyl groups is 1. The van der Waals surface area contributed by atoms with Crippen LogP contribution in [-0.2, 0) is 0 Å². The highest BCUT2D eigenvalue weighted by Crippen LogP contribution is 2.32. The van der Waals surface area contributed by atoms with E-state index in [0.717, 1.165) is 35.0 Å². The van der Waals surface area contributed by atoms with Gasteiger partial charge < -0.3 is 14.6 Å². The molecule has 0 radical (unpaired) electrons. The van der Waals surface area contributed by atoms with Crippen molar-refractivity contribution in [2.45, 2.75) is 19.4 Å². The molecule has 1 aromatic rings. The zero-order chi connectivity index (χ0) is 12.1. The molecular formula is C13H18O3S. The number of fused-ring (bicyclic) bond motifs is 1. The second kappa shape index (κ2) is 6.17. The van der Waals surface area contributed by atoms with Gasteiger partial charge >= 0.3 is 0 Å². The van der Waals surface area contributed by atoms with Crippen molar-refractivity contribution in [3.05, 3.63) is 23.8 Å². The summed E-state index contributed by atoms with van der Waals surface area (Å²) in [6.07, 6.45) is 0.468. The fraction of sp³-hybridized carbons (Fsp3) is 0.538. The zero-order valence-corrected chi connectivity index (χ0v) is 10.8. The second-order valence-corrected chi connectivity index (χ2v) is 5.25. The van der Waals surface area contributed by atoms with Crippen molar-refractivity contribution in [3.63, 3.8) is 0 Å². The van der Waals surface area contributed by atoms with Crippen LogP contribution in [0.25, 0.3) is 0 Å². The van der Waals surface area contributed by atoms with Crippen LogP contribution in [0, 0.1) is 0 Å². The third-order valence-electron chi connectivity index (χ3n) is 2.64. The standard InChI is InChI=1S/C13H18O3S/c1-2-17-9-11(14)10-4-5-12-13(8-10)16-7-3-6-15-12/h4-5,8,11,14H,2-3,6-7,9H2,1H3. The lowest BCUT2D eigenvalue weighted by molar-refractivity contribution is 0.203. The van der Waals surface area contributed by atoms with Crippen molar-refractivity contribution < 1.29 is 14.6 Å². The fourth-order valence-electron chi connectivity index (χ4n) is 1.71. The molecule has 1 unspecified atom stereocenters. The average molecular weight is 254 g/mol. The van der Waals surface area contributed by atoms with Crippen LogP contribution in [0.2, 0.25) is 0 Å². The van der Waals surface area contributed by atoms with Crippen LogP contribution in [0.3, 0.4) is 0 Å². The van der Waals surface area contributed by atoms with E-state index in [0.29, 0.717) is 13.2 Å². The molecule has 0 saturated heterocycles. The molecule has 1 atom stereocenters. The van der Waals surface area contributed by atoms with E-state index in [9.17, 15) is 5.11 Å². The lowest BCUT2D eigenvalue weighted by atomic mass is 10.1. The van der Waals surface area contributed by atoms with E-state index >= 15 is 0 Å². The summed E-state index contributed by atoms with van der Waals surface area (Å²) >= 11 is 1.73. The Morgan fingerprint density at radius 1 is 1.29 bits per heavy atom. The van der Waals surface area contributed by atoms with Gasteiger partial charge in [0.1, 0.15) is 0 Å². The monoisotopic (exact) mass is 254 g/mol. The number of hydrogen-bond acceptors (Lipinski definition) is 4. The third kappa shape index (κ3) is 3.30. The minimum absolute atomic E-state index is 0.433. The van der Waals surface area contributed by atoms with Gasteiger partial charge in [-0.3, -0.25) is 0 Å². The molecule has 1 heterocycles. The molecule has 0 bridgehead atoms. The highest BCUT2D eigenvalue weighted by atomic mass is 32.2. The first kappa shape index (κ1) is 12.6. The van der Waals surface area contributed by atoms with E-state index in [1.165, 1.54) is 0 Å². The Kier molecular flexibility index (Phi) is 4.57. The molecule has 0 spiro atoms. The Morgan fingerprint density at radius 3 is 2.82 bits per heavy atom. The number of ether oxygens (including phenoxy) is 2. The largest absolute Gasteiger partial charge is 0.490 e. The Hall–Kier alpha value is -0.870. The third-order valence-corrected chi connectivity index (χ3v) is 3.60. The molecule has 0 amide bonds. The molecule has 0 aliphatic carbocycles. The number of rotatable bonds is 4. The number of aliphatic hydroxyl groups excluding tert-OH is 1. The maximum absolute atomic E-state index is 10.0. The van der Waals surface area contributed by atoms with Gasteiger partial charge in [0.15, 0.2) is 11.5 Å². The predicted molar refractivity (Wildman–Crippen MR) is 70.0 cm³/mol. The fourth-order valence-corrected chi connectivity index (χ4v) is 2.36. The van der Waals surface area contributed by atoms with Crippen molar-refractivity contribution in [1.82, 2.24) is 0 Å². The van der Waals surface area contributed by atoms with Crippen LogP contribution in [-0.4, -0.2) is 29.8 Å². The van der Waals surface area contributed by atoms with E-state index in [1.807, 2.05) is 18.2 Å². The van der Waals surface area contributed by atoms with Crippen LogP contribution in [0.4, 0.5) is 0 Å². The SMILES string of the molecule is CCSCC(O)c1ccc2c(c1)OCCCO2. The quantitative estimate of drug-likeness (QED) is 0.896. The Balaban J connectivity index is 2.11. The first-order valence-electron chi connectivity index (χ1n) is 5.96. The second-order valence-electron chi connectivity index (χ2n) is 3.93. The van der Waals surface area contributed by atoms with Gasteiger partial charge in [0, 0.05) is 12.2 Å². The molecule has 0 aromatic heterocycles. The summed E-state index contributed by atoms with van der Waals surface area (Å²) < 4.78 is 11.2. The Labute approximate surface area is 106 Å². The van der Waals surface area contributed by atoms with Gasteiger partial charge in [-0.2, -0.15) is 11.8 Å². The van der Waals surface area contributed by atoms with Crippen LogP contribution in [0.5, 0.6) is 11.5 Å². The lowest BCUT2D eigenvalue weighted by Crippen LogP contribution is -2.02. The van der Waals surface area contributed by atoms with E-state index in [4.69, 9.17) is 9.47 Å². The Bertz CT molecular complexity index is 368. The molecular weight excluding hydrogens is 236 g/mol. The van der Waals surface area contributed by atoms with Gasteiger partial charge in [-0.1, -0.05) is 13.0 Å². The Morgan fingerprint density at radius 2 is 2.06 bits per heavy atom. The summed E-state index contributed by atoms with van der Waals surface area (Å²) in [7, 11) is 0. The van der Waals surface area contributed by atoms with E-state index < -0.39 is 6.10 Å². The molecule has 94 valence electrons. The number of benzene rings is 1. The smallest absolute Gasteiger partial charge is 0.161 e. The van der Waals surface area contributed by atoms with Crippen LogP contribution in [0.1, 0.15) is 25.0 Å². The van der Waals surface area contributed by atoms with E-state index in [2.05, 4.69) is 6.92 Å². The van der Waals surface area contributed by atoms with Crippen molar-refractivity contribution >= 4 is 11.8 Å². The van der Waals surface area contributed by atoms with E-state index in [1.54, 1.807) is 11.8 Å². The highest BCUT2D eigenvalue weighted by Gasteiger charge is 2.14. The van der Waals surface area contributed by atoms with Crippen LogP contribution >= 0.6 is 11.8 Å². The molecule has 0 saturated carbocycles. The number of hydrogen-bond donors (Lipinski definition) is 1. The van der Waals surface area contributed by atoms with Crippen molar-refractivity contribution in [3.8, 4) is 11.5 Å². The average Bonchev–Trinajstić information content (AvgIpc) is 2.60. The molecule has 3 nitrogen and oxygen atoms in total. The van der Waals surface area contributed by atoms with Crippen LogP contribution < -0.4 is 9.47 Å². The molecule has 0 fully saturated rings. The van der Waals surface area contributed by atoms with Gasteiger partial charge in [0.2, 0.25) is 0 Å². The predicted octanol–water partition coefficient (Wildman–Crippen LogP) is 2.63. The van der Waals surface area contributed by atoms with Gasteiger partial charge in [0.25, 0.3) is 0 Å². The molecule has 1 aromatic carbocycles. The highest BCUT2D eigenvalue weighted by molar-refractivity contribution is 7.99. The first-order chi connectivity index (χ1) is 8.31. The summed E-state index contributed by atoms with van der Waals surface area (Å²) in [6, 6.07) is 5.69. The summed E-state index contributed by atoms with van der Waals surface area (Å²) in [5.41, 5.74) is 0.898. The van der Waals surface area contributed by atoms with Gasteiger partial charge in [-0.05, 0) is 23.4 Å². The van der Waals surface area contributed by atoms with Crippen LogP contribution in [0.15, 0.2) is 18.2 Å². The molecule has 2 rings (SSSR count). The van der Waals surface area contributed by atoms with Gasteiger partial charge in [0.05, 0.1) is 19.3 Å². The summed E-state index contributed by atoms with van der Waals surface area (Å²) in [4.78, 5) is 0. The topological polar surface area (TPSA) is 38.7 Å². The zero-order valence-electron chi connectivity index (χ0n) is 10.0. The molecule has 1 aliphatic heterocycles. The van der Waals surface area contributed by atoms with Crippen molar-refractivity contribution in [2.75, 3.05) is 24.7 Å². The van der Waals surface area contributed by atoms with Crippen molar-refractivity contribution in [1.29, 1.82) is 0 Å². The summed E-state index contributed by atoms with van der Waals surface area (Å²) in [5.74, 6) is 3.26. The molecule has 17 heavy (non-hydrogen) atoms. The normalized spacial score (nSPS) is 16.4. The molecule has 1 aliphatic rings. The molecule has 1 N–H and O–H groups in total. The minimum Gasteiger partial charge on any atom is -0.490 e. The van der Waals surface area contributed by atoms with E-state index in [-0.39, 0.29) is 0 Å². The van der Waals surface area contributed by atoms with Gasteiger partial charge in [-0.15, -0.1) is 0 Å². The summed E-state index contributed by atoms with van der Waals surface area (Å²) in [5, 5.41) is 10.0. The minimum atomic E-state index is -0.433. The van der Waals surface area contributed by atoms with Gasteiger partial charge in [-0.25, -0.2) is 0 Å². The number of thioether (sulfide) groups is 1. The lowest BCUT2D eigenvalue weighted by Gasteiger charge is -2.13. The maximum atomic E-state index is 10.0. The summed E-state index contributed by atoms with van der Waals surface area (Å²) in [6.45, 7) is 3.46. The maximum Gasteiger partial charge on any atom is 0.161 e. The van der Waals surface area contributed by atoms with Crippen molar-refractivity contribution in [2.24, 2.45) is 0 Å². The first-order valence-corrected chi connectivity index (χ1v) is 7.12.